The average Bonchev–Trinajstić information content (AvgIpc) is 2.32. The lowest BCUT2D eigenvalue weighted by molar-refractivity contribution is 0.135. The van der Waals surface area contributed by atoms with Crippen LogP contribution in [0.5, 0.6) is 0 Å². The predicted molar refractivity (Wildman–Crippen MR) is 69.5 cm³/mol. The van der Waals surface area contributed by atoms with E-state index >= 15 is 0 Å². The zero-order valence-electron chi connectivity index (χ0n) is 11.3. The highest BCUT2D eigenvalue weighted by Gasteiger charge is 2.30. The molecule has 1 N–H and O–H groups in total. The van der Waals surface area contributed by atoms with Crippen molar-refractivity contribution in [3.8, 4) is 0 Å². The molecule has 0 bridgehead atoms. The molecule has 0 saturated carbocycles. The van der Waals surface area contributed by atoms with E-state index in [1.54, 1.807) is 21.3 Å². The van der Waals surface area contributed by atoms with Crippen molar-refractivity contribution in [2.75, 3.05) is 21.3 Å². The van der Waals surface area contributed by atoms with Crippen molar-refractivity contribution in [2.24, 2.45) is 0 Å². The number of hydrogen-bond donors (Lipinski definition) is 1. The Balaban J connectivity index is 4.34. The van der Waals surface area contributed by atoms with Gasteiger partial charge in [0.1, 0.15) is 0 Å². The maximum atomic E-state index is 11.0. The van der Waals surface area contributed by atoms with Crippen LogP contribution in [-0.2, 0) is 8.85 Å². The van der Waals surface area contributed by atoms with Crippen LogP contribution in [0.25, 0.3) is 0 Å². The number of unbranched alkanes of at least 4 members (excludes halogenated alkanes) is 3. The summed E-state index contributed by atoms with van der Waals surface area (Å²) < 4.78 is 10.6. The van der Waals surface area contributed by atoms with Gasteiger partial charge >= 0.3 is 15.4 Å². The maximum Gasteiger partial charge on any atom is 0.407 e. The van der Waals surface area contributed by atoms with Crippen LogP contribution in [0, 0.1) is 0 Å². The molecule has 0 aromatic carbocycles. The molecule has 0 aliphatic heterocycles. The van der Waals surface area contributed by atoms with Gasteiger partial charge in [0, 0.05) is 21.3 Å². The van der Waals surface area contributed by atoms with Gasteiger partial charge in [0.15, 0.2) is 0 Å². The molecule has 0 heterocycles. The molecular weight excluding hydrogens is 238 g/mol. The highest BCUT2D eigenvalue weighted by Crippen LogP contribution is 2.13. The average molecular weight is 263 g/mol. The molecule has 1 amide bonds. The van der Waals surface area contributed by atoms with E-state index in [1.165, 1.54) is 17.7 Å². The fourth-order valence-corrected chi connectivity index (χ4v) is 3.67. The Morgan fingerprint density at radius 1 is 1.29 bits per heavy atom. The van der Waals surface area contributed by atoms with Crippen molar-refractivity contribution in [3.63, 3.8) is 0 Å². The molecule has 0 spiro atoms. The van der Waals surface area contributed by atoms with E-state index < -0.39 is 15.4 Å². The summed E-state index contributed by atoms with van der Waals surface area (Å²) in [6.45, 7) is 2.16. The molecular formula is C11H25NO4Si. The Kier molecular flexibility index (Phi) is 9.11. The quantitative estimate of drug-likeness (QED) is 0.510. The zero-order chi connectivity index (χ0) is 13.3. The number of rotatable bonds is 9. The minimum absolute atomic E-state index is 0.112. The first-order chi connectivity index (χ1) is 8.08. The van der Waals surface area contributed by atoms with Gasteiger partial charge < -0.3 is 18.9 Å². The molecule has 0 aromatic rings. The molecule has 17 heavy (non-hydrogen) atoms. The molecule has 102 valence electrons. The highest BCUT2D eigenvalue weighted by atomic mass is 28.3. The molecule has 1 unspecified atom stereocenters. The van der Waals surface area contributed by atoms with E-state index in [-0.39, 0.29) is 5.67 Å². The normalized spacial score (nSPS) is 12.8. The highest BCUT2D eigenvalue weighted by molar-refractivity contribution is 6.46. The summed E-state index contributed by atoms with van der Waals surface area (Å²) >= 11 is 0. The first-order valence-electron chi connectivity index (χ1n) is 6.09. The predicted octanol–water partition coefficient (Wildman–Crippen LogP) is 1.99. The second-order valence-corrected chi connectivity index (χ2v) is 6.60. The third-order valence-corrected chi connectivity index (χ3v) is 5.27. The van der Waals surface area contributed by atoms with Crippen LogP contribution in [0.15, 0.2) is 0 Å². The van der Waals surface area contributed by atoms with Gasteiger partial charge in [0.2, 0.25) is 0 Å². The first kappa shape index (κ1) is 16.4. The van der Waals surface area contributed by atoms with Crippen molar-refractivity contribution < 1.29 is 18.8 Å². The Bertz CT molecular complexity index is 212. The SMILES string of the molecule is CCCCCCC(N(C)C(=O)O)[SiH](OC)OC. The van der Waals surface area contributed by atoms with Crippen molar-refractivity contribution in [3.05, 3.63) is 0 Å². The lowest BCUT2D eigenvalue weighted by Crippen LogP contribution is -2.49. The van der Waals surface area contributed by atoms with E-state index in [0.29, 0.717) is 0 Å². The van der Waals surface area contributed by atoms with Gasteiger partial charge in [-0.1, -0.05) is 32.6 Å². The van der Waals surface area contributed by atoms with E-state index in [4.69, 9.17) is 14.0 Å². The topological polar surface area (TPSA) is 59.0 Å². The monoisotopic (exact) mass is 263 g/mol. The minimum Gasteiger partial charge on any atom is -0.465 e. The third kappa shape index (κ3) is 6.04. The summed E-state index contributed by atoms with van der Waals surface area (Å²) in [7, 11) is 2.85. The smallest absolute Gasteiger partial charge is 0.407 e. The van der Waals surface area contributed by atoms with Gasteiger partial charge in [-0.05, 0) is 6.42 Å². The minimum atomic E-state index is -1.93. The third-order valence-electron chi connectivity index (χ3n) is 2.93. The van der Waals surface area contributed by atoms with Gasteiger partial charge in [-0.15, -0.1) is 0 Å². The van der Waals surface area contributed by atoms with Gasteiger partial charge in [-0.25, -0.2) is 4.79 Å². The summed E-state index contributed by atoms with van der Waals surface area (Å²) in [5.74, 6) is 0. The van der Waals surface area contributed by atoms with E-state index in [1.807, 2.05) is 0 Å². The molecule has 1 atom stereocenters. The van der Waals surface area contributed by atoms with Gasteiger partial charge in [-0.2, -0.15) is 0 Å². The lowest BCUT2D eigenvalue weighted by atomic mass is 10.1. The van der Waals surface area contributed by atoms with Gasteiger partial charge in [0.25, 0.3) is 0 Å². The standard InChI is InChI=1S/C11H25NO4Si/c1-5-6-7-8-9-10(12(2)11(13)14)17(15-3)16-4/h10,17H,5-9H2,1-4H3,(H,13,14). The molecule has 0 aliphatic carbocycles. The van der Waals surface area contributed by atoms with Crippen molar-refractivity contribution in [1.82, 2.24) is 4.90 Å². The Hall–Kier alpha value is -0.593. The Labute approximate surface area is 106 Å². The summed E-state index contributed by atoms with van der Waals surface area (Å²) in [4.78, 5) is 12.3. The fraction of sp³-hybridized carbons (Fsp3) is 0.909. The van der Waals surface area contributed by atoms with Crippen molar-refractivity contribution in [1.29, 1.82) is 0 Å². The van der Waals surface area contributed by atoms with E-state index in [0.717, 1.165) is 19.3 Å². The number of carboxylic acid groups (broad SMARTS) is 1. The fourth-order valence-electron chi connectivity index (χ4n) is 1.84. The van der Waals surface area contributed by atoms with Crippen molar-refractivity contribution in [2.45, 2.75) is 44.7 Å². The second-order valence-electron chi connectivity index (χ2n) is 4.15. The zero-order valence-corrected chi connectivity index (χ0v) is 12.5. The maximum absolute atomic E-state index is 11.0. The molecule has 0 fully saturated rings. The van der Waals surface area contributed by atoms with Crippen LogP contribution in [0.2, 0.25) is 0 Å². The second kappa shape index (κ2) is 9.44. The summed E-state index contributed by atoms with van der Waals surface area (Å²) in [5, 5.41) is 9.03. The summed E-state index contributed by atoms with van der Waals surface area (Å²) in [6, 6.07) is 0. The van der Waals surface area contributed by atoms with Crippen molar-refractivity contribution >= 4 is 15.4 Å². The van der Waals surface area contributed by atoms with Gasteiger partial charge in [0.05, 0.1) is 5.67 Å². The molecule has 0 aromatic heterocycles. The van der Waals surface area contributed by atoms with Gasteiger partial charge in [-0.3, -0.25) is 0 Å². The number of amides is 1. The molecule has 0 aliphatic rings. The molecule has 5 nitrogen and oxygen atoms in total. The summed E-state index contributed by atoms with van der Waals surface area (Å²) in [5.41, 5.74) is -0.112. The van der Waals surface area contributed by atoms with Crippen LogP contribution >= 0.6 is 0 Å². The number of hydrogen-bond acceptors (Lipinski definition) is 3. The largest absolute Gasteiger partial charge is 0.465 e. The molecule has 0 radical (unpaired) electrons. The van der Waals surface area contributed by atoms with Crippen LogP contribution in [-0.4, -0.2) is 52.3 Å². The summed E-state index contributed by atoms with van der Waals surface area (Å²) in [6.07, 6.45) is 4.42. The molecule has 6 heteroatoms. The Morgan fingerprint density at radius 2 is 1.88 bits per heavy atom. The van der Waals surface area contributed by atoms with Crippen LogP contribution in [0.3, 0.4) is 0 Å². The molecule has 0 saturated heterocycles. The lowest BCUT2D eigenvalue weighted by Gasteiger charge is -2.29. The van der Waals surface area contributed by atoms with Crippen LogP contribution in [0.1, 0.15) is 39.0 Å². The van der Waals surface area contributed by atoms with E-state index in [2.05, 4.69) is 6.92 Å². The van der Waals surface area contributed by atoms with E-state index in [9.17, 15) is 4.79 Å². The van der Waals surface area contributed by atoms with Crippen LogP contribution < -0.4 is 0 Å². The van der Waals surface area contributed by atoms with Crippen LogP contribution in [0.4, 0.5) is 4.79 Å². The first-order valence-corrected chi connectivity index (χ1v) is 7.70. The number of nitrogens with zero attached hydrogens (tertiary/aromatic N) is 1. The Morgan fingerprint density at radius 3 is 2.29 bits per heavy atom. The molecule has 0 rings (SSSR count). The number of carbonyl (C=O) groups is 1.